The number of nitrogens with zero attached hydrogens (tertiary/aromatic N) is 1. The maximum absolute atomic E-state index is 13.6. The van der Waals surface area contributed by atoms with E-state index in [1.54, 1.807) is 24.3 Å². The van der Waals surface area contributed by atoms with Gasteiger partial charge in [0.1, 0.15) is 17.3 Å². The number of ketones is 1. The number of methoxy groups -OCH3 is 1. The second kappa shape index (κ2) is 9.06. The summed E-state index contributed by atoms with van der Waals surface area (Å²) in [6, 6.07) is 21.0. The number of ether oxygens (including phenoxy) is 1. The molecule has 162 valence electrons. The first kappa shape index (κ1) is 21.3. The standard InChI is InChI=1S/C26H22FNO4/c1-32-21-13-9-19(10-14-21)24(29)22-23(18-7-11-20(27)12-8-18)28(26(31)25(22)30)16-15-17-5-3-2-4-6-17/h2-14,23,29H,15-16H2,1H3/b24-22-. The van der Waals surface area contributed by atoms with Gasteiger partial charge in [0.2, 0.25) is 0 Å². The van der Waals surface area contributed by atoms with Gasteiger partial charge in [0.15, 0.2) is 0 Å². The van der Waals surface area contributed by atoms with Crippen LogP contribution in [0, 0.1) is 5.82 Å². The van der Waals surface area contributed by atoms with Gasteiger partial charge in [-0.3, -0.25) is 9.59 Å². The summed E-state index contributed by atoms with van der Waals surface area (Å²) in [5.41, 5.74) is 1.94. The predicted molar refractivity (Wildman–Crippen MR) is 119 cm³/mol. The first-order valence-electron chi connectivity index (χ1n) is 10.2. The third-order valence-corrected chi connectivity index (χ3v) is 5.57. The fourth-order valence-electron chi connectivity index (χ4n) is 3.90. The normalized spacial score (nSPS) is 17.6. The number of carbonyl (C=O) groups excluding carboxylic acids is 2. The number of likely N-dealkylation sites (tertiary alicyclic amines) is 1. The number of benzene rings is 3. The predicted octanol–water partition coefficient (Wildman–Crippen LogP) is 4.50. The summed E-state index contributed by atoms with van der Waals surface area (Å²) in [5.74, 6) is -1.56. The molecule has 5 nitrogen and oxygen atoms in total. The number of amides is 1. The Hall–Kier alpha value is -3.93. The molecule has 1 amide bonds. The summed E-state index contributed by atoms with van der Waals surface area (Å²) in [6.45, 7) is 0.274. The lowest BCUT2D eigenvalue weighted by Crippen LogP contribution is -2.31. The Morgan fingerprint density at radius 2 is 1.62 bits per heavy atom. The van der Waals surface area contributed by atoms with E-state index in [4.69, 9.17) is 4.74 Å². The van der Waals surface area contributed by atoms with E-state index in [0.717, 1.165) is 5.56 Å². The molecule has 0 aliphatic carbocycles. The molecule has 3 aromatic carbocycles. The molecule has 1 heterocycles. The van der Waals surface area contributed by atoms with Gasteiger partial charge < -0.3 is 14.7 Å². The lowest BCUT2D eigenvalue weighted by atomic mass is 9.95. The number of hydrogen-bond donors (Lipinski definition) is 1. The number of carbonyl (C=O) groups is 2. The van der Waals surface area contributed by atoms with Crippen molar-refractivity contribution in [3.63, 3.8) is 0 Å². The Kier molecular flexibility index (Phi) is 6.03. The van der Waals surface area contributed by atoms with Gasteiger partial charge in [0, 0.05) is 12.1 Å². The molecule has 0 saturated carbocycles. The molecular weight excluding hydrogens is 409 g/mol. The Labute approximate surface area is 185 Å². The summed E-state index contributed by atoms with van der Waals surface area (Å²) in [5, 5.41) is 11.0. The molecule has 4 rings (SSSR count). The molecule has 1 aliphatic rings. The first-order chi connectivity index (χ1) is 15.5. The van der Waals surface area contributed by atoms with E-state index < -0.39 is 23.5 Å². The Balaban J connectivity index is 1.77. The molecule has 3 aromatic rings. The molecule has 0 radical (unpaired) electrons. The van der Waals surface area contributed by atoms with Crippen molar-refractivity contribution in [1.29, 1.82) is 0 Å². The summed E-state index contributed by atoms with van der Waals surface area (Å²) in [4.78, 5) is 27.4. The maximum atomic E-state index is 13.6. The zero-order chi connectivity index (χ0) is 22.7. The summed E-state index contributed by atoms with van der Waals surface area (Å²) >= 11 is 0. The smallest absolute Gasteiger partial charge is 0.295 e. The van der Waals surface area contributed by atoms with E-state index in [-0.39, 0.29) is 17.9 Å². The highest BCUT2D eigenvalue weighted by Crippen LogP contribution is 2.39. The lowest BCUT2D eigenvalue weighted by molar-refractivity contribution is -0.139. The molecule has 6 heteroatoms. The van der Waals surface area contributed by atoms with Gasteiger partial charge in [-0.15, -0.1) is 0 Å². The summed E-state index contributed by atoms with van der Waals surface area (Å²) in [7, 11) is 1.53. The molecule has 1 fully saturated rings. The van der Waals surface area contributed by atoms with Crippen LogP contribution in [-0.2, 0) is 16.0 Å². The van der Waals surface area contributed by atoms with E-state index in [9.17, 15) is 19.1 Å². The minimum atomic E-state index is -0.818. The average Bonchev–Trinajstić information content (AvgIpc) is 3.08. The van der Waals surface area contributed by atoms with Crippen molar-refractivity contribution >= 4 is 17.4 Å². The number of hydrogen-bond acceptors (Lipinski definition) is 4. The third-order valence-electron chi connectivity index (χ3n) is 5.57. The van der Waals surface area contributed by atoms with Crippen LogP contribution in [0.2, 0.25) is 0 Å². The van der Waals surface area contributed by atoms with Crippen LogP contribution in [0.1, 0.15) is 22.7 Å². The Bertz CT molecular complexity index is 1150. The van der Waals surface area contributed by atoms with Crippen LogP contribution in [0.15, 0.2) is 84.4 Å². The highest BCUT2D eigenvalue weighted by molar-refractivity contribution is 6.46. The minimum Gasteiger partial charge on any atom is -0.507 e. The van der Waals surface area contributed by atoms with Gasteiger partial charge in [-0.2, -0.15) is 0 Å². The van der Waals surface area contributed by atoms with Crippen LogP contribution in [-0.4, -0.2) is 35.4 Å². The number of rotatable bonds is 6. The van der Waals surface area contributed by atoms with Gasteiger partial charge >= 0.3 is 0 Å². The van der Waals surface area contributed by atoms with Crippen LogP contribution in [0.25, 0.3) is 5.76 Å². The highest BCUT2D eigenvalue weighted by atomic mass is 19.1. The zero-order valence-corrected chi connectivity index (χ0v) is 17.5. The van der Waals surface area contributed by atoms with Crippen molar-refractivity contribution in [2.45, 2.75) is 12.5 Å². The van der Waals surface area contributed by atoms with Gasteiger partial charge in [0.25, 0.3) is 11.7 Å². The van der Waals surface area contributed by atoms with Gasteiger partial charge in [-0.1, -0.05) is 42.5 Å². The summed E-state index contributed by atoms with van der Waals surface area (Å²) in [6.07, 6.45) is 0.536. The molecular formula is C26H22FNO4. The van der Waals surface area contributed by atoms with Crippen LogP contribution < -0.4 is 4.74 Å². The quantitative estimate of drug-likeness (QED) is 0.355. The summed E-state index contributed by atoms with van der Waals surface area (Å²) < 4.78 is 18.7. The van der Waals surface area contributed by atoms with Crippen LogP contribution in [0.4, 0.5) is 4.39 Å². The number of aliphatic hydroxyl groups excluding tert-OH is 1. The van der Waals surface area contributed by atoms with E-state index in [2.05, 4.69) is 0 Å². The Morgan fingerprint density at radius 3 is 2.25 bits per heavy atom. The molecule has 1 saturated heterocycles. The van der Waals surface area contributed by atoms with Crippen molar-refractivity contribution in [1.82, 2.24) is 4.90 Å². The number of Topliss-reactive ketones (excluding diaryl/α,β-unsaturated/α-hetero) is 1. The van der Waals surface area contributed by atoms with Gasteiger partial charge in [-0.05, 0) is 53.9 Å². The second-order valence-electron chi connectivity index (χ2n) is 7.51. The monoisotopic (exact) mass is 431 g/mol. The van der Waals surface area contributed by atoms with Crippen molar-refractivity contribution < 1.29 is 23.8 Å². The molecule has 32 heavy (non-hydrogen) atoms. The van der Waals surface area contributed by atoms with Crippen LogP contribution >= 0.6 is 0 Å². The topological polar surface area (TPSA) is 66.8 Å². The average molecular weight is 431 g/mol. The minimum absolute atomic E-state index is 0.0140. The van der Waals surface area contributed by atoms with Crippen molar-refractivity contribution in [3.05, 3.63) is 107 Å². The molecule has 0 aromatic heterocycles. The molecule has 1 atom stereocenters. The van der Waals surface area contributed by atoms with Crippen LogP contribution in [0.5, 0.6) is 5.75 Å². The zero-order valence-electron chi connectivity index (χ0n) is 17.5. The fourth-order valence-corrected chi connectivity index (χ4v) is 3.90. The Morgan fingerprint density at radius 1 is 0.969 bits per heavy atom. The van der Waals surface area contributed by atoms with Gasteiger partial charge in [-0.25, -0.2) is 4.39 Å². The molecule has 1 N–H and O–H groups in total. The molecule has 1 aliphatic heterocycles. The number of halogens is 1. The van der Waals surface area contributed by atoms with E-state index >= 15 is 0 Å². The van der Waals surface area contributed by atoms with Crippen molar-refractivity contribution in [3.8, 4) is 5.75 Å². The third kappa shape index (κ3) is 4.12. The van der Waals surface area contributed by atoms with E-state index in [1.165, 1.54) is 36.3 Å². The number of aliphatic hydroxyl groups is 1. The van der Waals surface area contributed by atoms with Crippen molar-refractivity contribution in [2.75, 3.05) is 13.7 Å². The maximum Gasteiger partial charge on any atom is 0.295 e. The fraction of sp³-hybridized carbons (Fsp3) is 0.154. The lowest BCUT2D eigenvalue weighted by Gasteiger charge is -2.25. The molecule has 0 bridgehead atoms. The molecule has 0 spiro atoms. The van der Waals surface area contributed by atoms with E-state index in [1.807, 2.05) is 30.3 Å². The second-order valence-corrected chi connectivity index (χ2v) is 7.51. The van der Waals surface area contributed by atoms with Gasteiger partial charge in [0.05, 0.1) is 18.7 Å². The highest BCUT2D eigenvalue weighted by Gasteiger charge is 2.45. The molecule has 1 unspecified atom stereocenters. The van der Waals surface area contributed by atoms with Crippen molar-refractivity contribution in [2.24, 2.45) is 0 Å². The van der Waals surface area contributed by atoms with E-state index in [0.29, 0.717) is 23.3 Å². The largest absolute Gasteiger partial charge is 0.507 e. The van der Waals surface area contributed by atoms with Crippen LogP contribution in [0.3, 0.4) is 0 Å². The SMILES string of the molecule is COc1ccc(/C(O)=C2/C(=O)C(=O)N(CCc3ccccc3)C2c2ccc(F)cc2)cc1. The first-order valence-corrected chi connectivity index (χ1v) is 10.2.